The quantitative estimate of drug-likeness (QED) is 0.881. The van der Waals surface area contributed by atoms with Gasteiger partial charge < -0.3 is 10.6 Å². The first-order valence-electron chi connectivity index (χ1n) is 8.06. The van der Waals surface area contributed by atoms with Crippen LogP contribution < -0.4 is 10.6 Å². The van der Waals surface area contributed by atoms with Crippen molar-refractivity contribution >= 4 is 17.5 Å². The first-order chi connectivity index (χ1) is 11.6. The molecule has 1 aromatic heterocycles. The van der Waals surface area contributed by atoms with Crippen LogP contribution in [-0.4, -0.2) is 21.8 Å². The second-order valence-corrected chi connectivity index (χ2v) is 5.96. The van der Waals surface area contributed by atoms with E-state index in [4.69, 9.17) is 0 Å². The van der Waals surface area contributed by atoms with E-state index in [0.29, 0.717) is 31.6 Å². The van der Waals surface area contributed by atoms with Crippen molar-refractivity contribution in [3.8, 4) is 0 Å². The molecule has 2 heterocycles. The molecule has 124 valence electrons. The summed E-state index contributed by atoms with van der Waals surface area (Å²) in [6.45, 7) is 2.19. The average molecular weight is 324 g/mol. The molecule has 0 aliphatic carbocycles. The minimum Gasteiger partial charge on any atom is -0.350 e. The van der Waals surface area contributed by atoms with Gasteiger partial charge in [-0.2, -0.15) is 0 Å². The minimum atomic E-state index is -0.160. The zero-order valence-corrected chi connectivity index (χ0v) is 13.6. The summed E-state index contributed by atoms with van der Waals surface area (Å²) in [5.41, 5.74) is 2.78. The molecule has 2 aromatic rings. The third-order valence-electron chi connectivity index (χ3n) is 4.13. The molecule has 6 nitrogen and oxygen atoms in total. The van der Waals surface area contributed by atoms with Crippen LogP contribution in [0.4, 0.5) is 5.69 Å². The smallest absolute Gasteiger partial charge is 0.227 e. The van der Waals surface area contributed by atoms with Crippen LogP contribution in [0.15, 0.2) is 36.5 Å². The molecule has 0 saturated carbocycles. The van der Waals surface area contributed by atoms with E-state index in [9.17, 15) is 9.59 Å². The Morgan fingerprint density at radius 2 is 2.17 bits per heavy atom. The van der Waals surface area contributed by atoms with Gasteiger partial charge in [0.15, 0.2) is 0 Å². The number of carbonyl (C=O) groups is 2. The molecule has 0 bridgehead atoms. The third kappa shape index (κ3) is 3.95. The highest BCUT2D eigenvalue weighted by atomic mass is 16.2. The molecule has 0 fully saturated rings. The van der Waals surface area contributed by atoms with Crippen molar-refractivity contribution in [2.45, 2.75) is 32.7 Å². The number of aromatic nitrogens is 2. The monoisotopic (exact) mass is 324 g/mol. The topological polar surface area (TPSA) is 84.0 Å². The number of benzene rings is 1. The van der Waals surface area contributed by atoms with Crippen LogP contribution in [-0.2, 0) is 22.6 Å². The van der Waals surface area contributed by atoms with Gasteiger partial charge in [0.05, 0.1) is 12.2 Å². The summed E-state index contributed by atoms with van der Waals surface area (Å²) in [7, 11) is 0. The van der Waals surface area contributed by atoms with Gasteiger partial charge in [-0.05, 0) is 37.5 Å². The van der Waals surface area contributed by atoms with Crippen molar-refractivity contribution in [2.75, 3.05) is 5.32 Å². The van der Waals surface area contributed by atoms with E-state index in [0.717, 1.165) is 16.9 Å². The maximum absolute atomic E-state index is 12.1. The third-order valence-corrected chi connectivity index (χ3v) is 4.13. The minimum absolute atomic E-state index is 0.00655. The number of rotatable bonds is 5. The van der Waals surface area contributed by atoms with Crippen LogP contribution in [0.1, 0.15) is 29.9 Å². The van der Waals surface area contributed by atoms with Crippen LogP contribution in [0.2, 0.25) is 0 Å². The lowest BCUT2D eigenvalue weighted by Gasteiger charge is -2.24. The number of amides is 2. The standard InChI is InChI=1S/C18H20N4O2/c1-12-19-9-8-15(21-12)11-20-17(23)7-6-14-10-13-4-2-3-5-16(13)22-18(14)24/h2-5,8-9,14H,6-7,10-11H2,1H3,(H,20,23)(H,22,24)/t14-/m0/s1. The van der Waals surface area contributed by atoms with Crippen LogP contribution in [0.25, 0.3) is 0 Å². The predicted octanol–water partition coefficient (Wildman–Crippen LogP) is 1.99. The Kier molecular flexibility index (Phi) is 4.84. The molecular formula is C18H20N4O2. The molecule has 2 amide bonds. The number of carbonyl (C=O) groups excluding carboxylic acids is 2. The first-order valence-corrected chi connectivity index (χ1v) is 8.06. The fourth-order valence-corrected chi connectivity index (χ4v) is 2.83. The second-order valence-electron chi connectivity index (χ2n) is 5.96. The molecule has 0 radical (unpaired) electrons. The largest absolute Gasteiger partial charge is 0.350 e. The van der Waals surface area contributed by atoms with E-state index in [-0.39, 0.29) is 17.7 Å². The van der Waals surface area contributed by atoms with Crippen LogP contribution in [0.3, 0.4) is 0 Å². The Bertz CT molecular complexity index is 760. The van der Waals surface area contributed by atoms with Gasteiger partial charge in [-0.15, -0.1) is 0 Å². The molecule has 0 spiro atoms. The molecule has 1 aromatic carbocycles. The summed E-state index contributed by atoms with van der Waals surface area (Å²) in [5.74, 6) is 0.442. The fourth-order valence-electron chi connectivity index (χ4n) is 2.83. The van der Waals surface area contributed by atoms with Crippen LogP contribution in [0, 0.1) is 12.8 Å². The van der Waals surface area contributed by atoms with Crippen LogP contribution >= 0.6 is 0 Å². The lowest BCUT2D eigenvalue weighted by molar-refractivity contribution is -0.123. The molecule has 1 atom stereocenters. The van der Waals surface area contributed by atoms with E-state index in [2.05, 4.69) is 20.6 Å². The Morgan fingerprint density at radius 3 is 3.00 bits per heavy atom. The highest BCUT2D eigenvalue weighted by Crippen LogP contribution is 2.27. The van der Waals surface area contributed by atoms with Crippen molar-refractivity contribution < 1.29 is 9.59 Å². The molecular weight excluding hydrogens is 304 g/mol. The van der Waals surface area contributed by atoms with Crippen molar-refractivity contribution in [3.05, 3.63) is 53.6 Å². The lowest BCUT2D eigenvalue weighted by Crippen LogP contribution is -2.31. The normalized spacial score (nSPS) is 16.2. The highest BCUT2D eigenvalue weighted by molar-refractivity contribution is 5.96. The zero-order valence-electron chi connectivity index (χ0n) is 13.6. The molecule has 0 saturated heterocycles. The summed E-state index contributed by atoms with van der Waals surface area (Å²) < 4.78 is 0. The van der Waals surface area contributed by atoms with Crippen molar-refractivity contribution in [1.82, 2.24) is 15.3 Å². The van der Waals surface area contributed by atoms with Gasteiger partial charge in [-0.25, -0.2) is 9.97 Å². The Hall–Kier alpha value is -2.76. The Balaban J connectivity index is 1.49. The molecule has 2 N–H and O–H groups in total. The van der Waals surface area contributed by atoms with Crippen molar-refractivity contribution in [2.24, 2.45) is 5.92 Å². The lowest BCUT2D eigenvalue weighted by atomic mass is 9.89. The number of para-hydroxylation sites is 1. The summed E-state index contributed by atoms with van der Waals surface area (Å²) in [4.78, 5) is 32.4. The summed E-state index contributed by atoms with van der Waals surface area (Å²) in [5, 5.41) is 5.75. The van der Waals surface area contributed by atoms with Gasteiger partial charge in [-0.1, -0.05) is 18.2 Å². The molecule has 1 aliphatic rings. The average Bonchev–Trinajstić information content (AvgIpc) is 2.58. The number of anilines is 1. The van der Waals surface area contributed by atoms with E-state index in [1.807, 2.05) is 31.2 Å². The Labute approximate surface area is 140 Å². The number of hydrogen-bond acceptors (Lipinski definition) is 4. The molecule has 0 unspecified atom stereocenters. The number of fused-ring (bicyclic) bond motifs is 1. The van der Waals surface area contributed by atoms with Gasteiger partial charge in [0.25, 0.3) is 0 Å². The first kappa shape index (κ1) is 16.1. The molecule has 6 heteroatoms. The number of nitrogens with zero attached hydrogens (tertiary/aromatic N) is 2. The number of hydrogen-bond donors (Lipinski definition) is 2. The number of aryl methyl sites for hydroxylation is 1. The Morgan fingerprint density at radius 1 is 1.33 bits per heavy atom. The summed E-state index contributed by atoms with van der Waals surface area (Å²) >= 11 is 0. The zero-order chi connectivity index (χ0) is 16.9. The number of nitrogens with one attached hydrogen (secondary N) is 2. The fraction of sp³-hybridized carbons (Fsp3) is 0.333. The molecule has 3 rings (SSSR count). The van der Waals surface area contributed by atoms with Gasteiger partial charge in [0.2, 0.25) is 11.8 Å². The highest BCUT2D eigenvalue weighted by Gasteiger charge is 2.26. The maximum atomic E-state index is 12.1. The van der Waals surface area contributed by atoms with E-state index in [1.54, 1.807) is 12.3 Å². The summed E-state index contributed by atoms with van der Waals surface area (Å²) in [6.07, 6.45) is 3.22. The SMILES string of the molecule is Cc1nccc(CNC(=O)CC[C@H]2Cc3ccccc3NC2=O)n1. The van der Waals surface area contributed by atoms with Gasteiger partial charge >= 0.3 is 0 Å². The maximum Gasteiger partial charge on any atom is 0.227 e. The predicted molar refractivity (Wildman–Crippen MR) is 90.1 cm³/mol. The van der Waals surface area contributed by atoms with Gasteiger partial charge in [-0.3, -0.25) is 9.59 Å². The van der Waals surface area contributed by atoms with Gasteiger partial charge in [0, 0.05) is 24.2 Å². The van der Waals surface area contributed by atoms with E-state index < -0.39 is 0 Å². The van der Waals surface area contributed by atoms with Crippen molar-refractivity contribution in [3.63, 3.8) is 0 Å². The summed E-state index contributed by atoms with van der Waals surface area (Å²) in [6, 6.07) is 9.56. The van der Waals surface area contributed by atoms with Crippen LogP contribution in [0.5, 0.6) is 0 Å². The van der Waals surface area contributed by atoms with Gasteiger partial charge in [0.1, 0.15) is 5.82 Å². The molecule has 24 heavy (non-hydrogen) atoms. The van der Waals surface area contributed by atoms with E-state index in [1.165, 1.54) is 0 Å². The van der Waals surface area contributed by atoms with E-state index >= 15 is 0 Å². The molecule has 1 aliphatic heterocycles. The van der Waals surface area contributed by atoms with Crippen molar-refractivity contribution in [1.29, 1.82) is 0 Å². The second kappa shape index (κ2) is 7.21.